The number of sulfonamides is 1. The van der Waals surface area contributed by atoms with Gasteiger partial charge in [-0.25, -0.2) is 8.42 Å². The number of methoxy groups -OCH3 is 1. The van der Waals surface area contributed by atoms with Gasteiger partial charge < -0.3 is 15.0 Å². The zero-order valence-corrected chi connectivity index (χ0v) is 23.6. The summed E-state index contributed by atoms with van der Waals surface area (Å²) in [7, 11) is -2.05. The van der Waals surface area contributed by atoms with E-state index in [1.54, 1.807) is 29.2 Å². The quantitative estimate of drug-likeness (QED) is 0.401. The van der Waals surface area contributed by atoms with Gasteiger partial charge in [-0.05, 0) is 43.4 Å². The fraction of sp³-hybridized carbons (Fsp3) is 0.517. The first-order valence-electron chi connectivity index (χ1n) is 13.5. The molecule has 2 aromatic rings. The number of carbonyl (C=O) groups excluding carboxylic acids is 2. The summed E-state index contributed by atoms with van der Waals surface area (Å²) in [5.41, 5.74) is 1.43. The highest BCUT2D eigenvalue weighted by atomic mass is 32.2. The van der Waals surface area contributed by atoms with Crippen LogP contribution in [-0.4, -0.2) is 57.1 Å². The van der Waals surface area contributed by atoms with Crippen molar-refractivity contribution in [2.24, 2.45) is 0 Å². The van der Waals surface area contributed by atoms with Crippen LogP contribution in [0.15, 0.2) is 54.6 Å². The van der Waals surface area contributed by atoms with E-state index in [9.17, 15) is 18.0 Å². The van der Waals surface area contributed by atoms with Gasteiger partial charge in [0.15, 0.2) is 0 Å². The Morgan fingerprint density at radius 3 is 2.39 bits per heavy atom. The second-order valence-corrected chi connectivity index (χ2v) is 11.8. The molecule has 1 N–H and O–H groups in total. The van der Waals surface area contributed by atoms with Crippen LogP contribution in [0.2, 0.25) is 0 Å². The molecule has 208 valence electrons. The van der Waals surface area contributed by atoms with Crippen LogP contribution in [0.25, 0.3) is 0 Å². The van der Waals surface area contributed by atoms with E-state index in [2.05, 4.69) is 5.32 Å². The predicted molar refractivity (Wildman–Crippen MR) is 151 cm³/mol. The minimum atomic E-state index is -3.57. The largest absolute Gasteiger partial charge is 0.497 e. The van der Waals surface area contributed by atoms with Crippen LogP contribution >= 0.6 is 0 Å². The molecule has 1 aliphatic carbocycles. The number of carbonyl (C=O) groups is 2. The third-order valence-corrected chi connectivity index (χ3v) is 8.22. The van der Waals surface area contributed by atoms with Crippen molar-refractivity contribution < 1.29 is 22.7 Å². The molecular formula is C29H41N3O5S. The SMILES string of the molecule is CCC(C(=O)NC1CCCCC1)N(Cc1ccccc1)C(=O)CCCN(c1cccc(OC)c1)S(C)(=O)=O. The standard InChI is InChI=1S/C29H41N3O5S/c1-4-27(29(34)30-24-15-9-6-10-16-24)31(22-23-13-7-5-8-14-23)28(33)19-12-20-32(38(3,35)36)25-17-11-18-26(21-25)37-2/h5,7-8,11,13-14,17-18,21,24,27H,4,6,9-10,12,15-16,19-20,22H2,1-3H3,(H,30,34). The molecule has 0 saturated heterocycles. The highest BCUT2D eigenvalue weighted by Crippen LogP contribution is 2.24. The van der Waals surface area contributed by atoms with Crippen molar-refractivity contribution in [2.75, 3.05) is 24.2 Å². The van der Waals surface area contributed by atoms with Crippen molar-refractivity contribution in [3.8, 4) is 5.75 Å². The molecule has 9 heteroatoms. The van der Waals surface area contributed by atoms with E-state index in [0.717, 1.165) is 37.5 Å². The van der Waals surface area contributed by atoms with E-state index in [1.165, 1.54) is 17.8 Å². The summed E-state index contributed by atoms with van der Waals surface area (Å²) in [5, 5.41) is 3.19. The lowest BCUT2D eigenvalue weighted by atomic mass is 9.95. The zero-order chi connectivity index (χ0) is 27.5. The van der Waals surface area contributed by atoms with E-state index < -0.39 is 16.1 Å². The fourth-order valence-electron chi connectivity index (χ4n) is 5.01. The first kappa shape index (κ1) is 29.5. The molecule has 8 nitrogen and oxygen atoms in total. The summed E-state index contributed by atoms with van der Waals surface area (Å²) in [6.45, 7) is 2.38. The lowest BCUT2D eigenvalue weighted by molar-refractivity contribution is -0.141. The van der Waals surface area contributed by atoms with Gasteiger partial charge in [0.2, 0.25) is 21.8 Å². The van der Waals surface area contributed by atoms with Gasteiger partial charge in [-0.3, -0.25) is 13.9 Å². The number of nitrogens with zero attached hydrogens (tertiary/aromatic N) is 2. The van der Waals surface area contributed by atoms with E-state index in [0.29, 0.717) is 30.8 Å². The molecule has 2 amide bonds. The highest BCUT2D eigenvalue weighted by molar-refractivity contribution is 7.92. The third-order valence-electron chi connectivity index (χ3n) is 7.03. The summed E-state index contributed by atoms with van der Waals surface area (Å²) in [5.74, 6) is 0.271. The van der Waals surface area contributed by atoms with E-state index in [4.69, 9.17) is 4.74 Å². The van der Waals surface area contributed by atoms with Crippen LogP contribution in [0.5, 0.6) is 5.75 Å². The summed E-state index contributed by atoms with van der Waals surface area (Å²) < 4.78 is 31.6. The van der Waals surface area contributed by atoms with E-state index in [1.807, 2.05) is 37.3 Å². The molecule has 0 spiro atoms. The van der Waals surface area contributed by atoms with Crippen molar-refractivity contribution in [1.82, 2.24) is 10.2 Å². The second kappa shape index (κ2) is 14.2. The van der Waals surface area contributed by atoms with Gasteiger partial charge in [-0.15, -0.1) is 0 Å². The Morgan fingerprint density at radius 1 is 1.05 bits per heavy atom. The Kier molecular flexibility index (Phi) is 11.0. The van der Waals surface area contributed by atoms with Crippen molar-refractivity contribution in [3.63, 3.8) is 0 Å². The number of rotatable bonds is 13. The molecule has 1 aliphatic rings. The van der Waals surface area contributed by atoms with Gasteiger partial charge in [0.1, 0.15) is 11.8 Å². The second-order valence-electron chi connectivity index (χ2n) is 9.91. The van der Waals surface area contributed by atoms with Crippen molar-refractivity contribution in [2.45, 2.75) is 76.9 Å². The summed E-state index contributed by atoms with van der Waals surface area (Å²) in [6.07, 6.45) is 7.44. The lowest BCUT2D eigenvalue weighted by Crippen LogP contribution is -2.51. The van der Waals surface area contributed by atoms with Gasteiger partial charge in [0.05, 0.1) is 19.1 Å². The maximum atomic E-state index is 13.6. The summed E-state index contributed by atoms with van der Waals surface area (Å²) in [6, 6.07) is 16.1. The van der Waals surface area contributed by atoms with Crippen LogP contribution in [0.3, 0.4) is 0 Å². The minimum Gasteiger partial charge on any atom is -0.497 e. The monoisotopic (exact) mass is 543 g/mol. The van der Waals surface area contributed by atoms with E-state index in [-0.39, 0.29) is 30.8 Å². The molecule has 1 unspecified atom stereocenters. The molecule has 2 aromatic carbocycles. The Morgan fingerprint density at radius 2 is 1.76 bits per heavy atom. The number of anilines is 1. The molecule has 3 rings (SSSR count). The minimum absolute atomic E-state index is 0.113. The lowest BCUT2D eigenvalue weighted by Gasteiger charge is -2.33. The topological polar surface area (TPSA) is 96.0 Å². The molecule has 38 heavy (non-hydrogen) atoms. The average Bonchev–Trinajstić information content (AvgIpc) is 2.91. The average molecular weight is 544 g/mol. The Balaban J connectivity index is 1.73. The van der Waals surface area contributed by atoms with Crippen molar-refractivity contribution in [3.05, 3.63) is 60.2 Å². The molecule has 0 bridgehead atoms. The smallest absolute Gasteiger partial charge is 0.243 e. The first-order valence-corrected chi connectivity index (χ1v) is 15.3. The summed E-state index contributed by atoms with van der Waals surface area (Å²) in [4.78, 5) is 28.6. The van der Waals surface area contributed by atoms with Gasteiger partial charge in [0, 0.05) is 31.6 Å². The number of hydrogen-bond donors (Lipinski definition) is 1. The Labute approximate surface area is 227 Å². The van der Waals surface area contributed by atoms with Gasteiger partial charge in [-0.2, -0.15) is 0 Å². The van der Waals surface area contributed by atoms with Crippen molar-refractivity contribution >= 4 is 27.5 Å². The molecule has 1 saturated carbocycles. The Bertz CT molecular complexity index is 1150. The molecule has 0 heterocycles. The molecule has 1 atom stereocenters. The normalized spacial score (nSPS) is 14.9. The predicted octanol–water partition coefficient (Wildman–Crippen LogP) is 4.50. The molecule has 0 aromatic heterocycles. The van der Waals surface area contributed by atoms with Crippen LogP contribution in [0.1, 0.15) is 63.9 Å². The maximum Gasteiger partial charge on any atom is 0.243 e. The number of amides is 2. The first-order chi connectivity index (χ1) is 18.2. The van der Waals surface area contributed by atoms with Crippen LogP contribution < -0.4 is 14.4 Å². The van der Waals surface area contributed by atoms with Crippen LogP contribution in [-0.2, 0) is 26.2 Å². The van der Waals surface area contributed by atoms with Crippen LogP contribution in [0, 0.1) is 0 Å². The third kappa shape index (κ3) is 8.48. The summed E-state index contributed by atoms with van der Waals surface area (Å²) >= 11 is 0. The van der Waals surface area contributed by atoms with Gasteiger partial charge >= 0.3 is 0 Å². The van der Waals surface area contributed by atoms with Gasteiger partial charge in [0.25, 0.3) is 0 Å². The Hall–Kier alpha value is -3.07. The number of nitrogens with one attached hydrogen (secondary N) is 1. The van der Waals surface area contributed by atoms with Crippen LogP contribution in [0.4, 0.5) is 5.69 Å². The molecular weight excluding hydrogens is 502 g/mol. The van der Waals surface area contributed by atoms with Crippen molar-refractivity contribution in [1.29, 1.82) is 0 Å². The van der Waals surface area contributed by atoms with Gasteiger partial charge in [-0.1, -0.05) is 62.6 Å². The maximum absolute atomic E-state index is 13.6. The van der Waals surface area contributed by atoms with E-state index >= 15 is 0 Å². The number of benzene rings is 2. The number of ether oxygens (including phenoxy) is 1. The highest BCUT2D eigenvalue weighted by Gasteiger charge is 2.30. The molecule has 0 radical (unpaired) electrons. The fourth-order valence-corrected chi connectivity index (χ4v) is 5.97. The molecule has 1 fully saturated rings. The zero-order valence-electron chi connectivity index (χ0n) is 22.8. The molecule has 0 aliphatic heterocycles. The number of hydrogen-bond acceptors (Lipinski definition) is 5.